The van der Waals surface area contributed by atoms with E-state index < -0.39 is 79.2 Å². The number of anilines is 1. The van der Waals surface area contributed by atoms with E-state index in [9.17, 15) is 44.7 Å². The number of ether oxygens (including phenoxy) is 1. The van der Waals surface area contributed by atoms with Gasteiger partial charge in [-0.2, -0.15) is 27.1 Å². The molecule has 2 atom stereocenters. The van der Waals surface area contributed by atoms with E-state index in [-0.39, 0.29) is 22.5 Å². The highest BCUT2D eigenvalue weighted by molar-refractivity contribution is 5.84. The Morgan fingerprint density at radius 2 is 1.75 bits per heavy atom. The Balaban J connectivity index is 1.76. The van der Waals surface area contributed by atoms with Crippen molar-refractivity contribution in [3.05, 3.63) is 75.3 Å². The molecular formula is C26H23F9N6O3. The summed E-state index contributed by atoms with van der Waals surface area (Å²) in [6.45, 7) is -4.68. The van der Waals surface area contributed by atoms with Crippen LogP contribution in [0.3, 0.4) is 0 Å². The van der Waals surface area contributed by atoms with E-state index in [1.54, 1.807) is 5.10 Å². The van der Waals surface area contributed by atoms with Gasteiger partial charge in [-0.05, 0) is 30.0 Å². The maximum atomic E-state index is 15.0. The molecule has 0 fully saturated rings. The molecule has 3 rings (SSSR count). The molecule has 18 heteroatoms. The zero-order valence-electron chi connectivity index (χ0n) is 22.5. The van der Waals surface area contributed by atoms with E-state index in [1.165, 1.54) is 30.3 Å². The molecule has 1 aromatic carbocycles. The fourth-order valence-corrected chi connectivity index (χ4v) is 3.94. The Hall–Kier alpha value is -4.48. The summed E-state index contributed by atoms with van der Waals surface area (Å²) in [7, 11) is 1.38. The Bertz CT molecular complexity index is 1500. The van der Waals surface area contributed by atoms with Crippen molar-refractivity contribution in [3.8, 4) is 11.4 Å². The third-order valence-electron chi connectivity index (χ3n) is 5.92. The molecule has 0 spiro atoms. The van der Waals surface area contributed by atoms with Crippen LogP contribution in [0.4, 0.5) is 45.2 Å². The summed E-state index contributed by atoms with van der Waals surface area (Å²) in [6, 6.07) is 0.574. The maximum Gasteiger partial charge on any atom is 0.423 e. The molecule has 2 heterocycles. The number of carbonyl (C=O) groups is 1. The summed E-state index contributed by atoms with van der Waals surface area (Å²) >= 11 is 0. The van der Waals surface area contributed by atoms with E-state index in [4.69, 9.17) is 0 Å². The monoisotopic (exact) mass is 638 g/mol. The summed E-state index contributed by atoms with van der Waals surface area (Å²) in [5, 5.41) is 7.07. The molecule has 238 valence electrons. The van der Waals surface area contributed by atoms with Crippen LogP contribution in [0.5, 0.6) is 0 Å². The Morgan fingerprint density at radius 3 is 2.34 bits per heavy atom. The van der Waals surface area contributed by atoms with Crippen molar-refractivity contribution in [1.82, 2.24) is 25.1 Å². The fraction of sp³-hybridized carbons (Fsp3) is 0.346. The summed E-state index contributed by atoms with van der Waals surface area (Å²) < 4.78 is 125. The quantitative estimate of drug-likeness (QED) is 0.176. The predicted octanol–water partition coefficient (Wildman–Crippen LogP) is 5.49. The van der Waals surface area contributed by atoms with Gasteiger partial charge in [0.1, 0.15) is 17.6 Å². The number of halogens is 9. The number of alkyl halides is 8. The summed E-state index contributed by atoms with van der Waals surface area (Å²) in [6.07, 6.45) is -5.37. The molecule has 0 amide bonds. The van der Waals surface area contributed by atoms with Crippen molar-refractivity contribution < 1.29 is 49.0 Å². The third kappa shape index (κ3) is 9.26. The van der Waals surface area contributed by atoms with E-state index in [1.807, 2.05) is 0 Å². The molecule has 0 saturated carbocycles. The van der Waals surface area contributed by atoms with Crippen molar-refractivity contribution >= 4 is 18.0 Å². The number of benzene rings is 1. The second kappa shape index (κ2) is 14.8. The fourth-order valence-electron chi connectivity index (χ4n) is 3.94. The standard InChI is InChI=1S/C26H23F9N6O3/c1-41(3-2-13-4-18(19(28)5-14(13)11-42)23-36-7-15(8-37-23)22(29)30)10-16(27)6-17(12-44-25(31)32)39-20-9-38-40-24(43)21(20)26(33,34)35/h2-5,7-9,11,16-17,22,25H,6,10,12H2,1H3,(H2,39,40,43)/b3-2-. The Morgan fingerprint density at radius 1 is 1.07 bits per heavy atom. The van der Waals surface area contributed by atoms with Crippen molar-refractivity contribution in [1.29, 1.82) is 0 Å². The topological polar surface area (TPSA) is 113 Å². The zero-order chi connectivity index (χ0) is 32.6. The van der Waals surface area contributed by atoms with Crippen LogP contribution in [0.2, 0.25) is 0 Å². The molecule has 0 aliphatic carbocycles. The molecule has 2 N–H and O–H groups in total. The lowest BCUT2D eigenvalue weighted by atomic mass is 10.0. The van der Waals surface area contributed by atoms with Gasteiger partial charge in [0.05, 0.1) is 35.7 Å². The Kier molecular flexibility index (Phi) is 11.4. The smallest absolute Gasteiger partial charge is 0.378 e. The van der Waals surface area contributed by atoms with Crippen LogP contribution in [0.25, 0.3) is 17.5 Å². The molecule has 0 radical (unpaired) electrons. The normalized spacial score (nSPS) is 13.5. The molecule has 0 aliphatic heterocycles. The number of aromatic amines is 1. The number of aromatic nitrogens is 4. The maximum absolute atomic E-state index is 15.0. The van der Waals surface area contributed by atoms with Crippen LogP contribution in [0.1, 0.15) is 39.9 Å². The van der Waals surface area contributed by atoms with Crippen LogP contribution in [0, 0.1) is 5.82 Å². The van der Waals surface area contributed by atoms with Gasteiger partial charge >= 0.3 is 12.8 Å². The van der Waals surface area contributed by atoms with E-state index in [2.05, 4.69) is 25.1 Å². The lowest BCUT2D eigenvalue weighted by Crippen LogP contribution is -2.35. The van der Waals surface area contributed by atoms with Crippen molar-refractivity contribution in [3.63, 3.8) is 0 Å². The van der Waals surface area contributed by atoms with Crippen LogP contribution in [0.15, 0.2) is 41.7 Å². The lowest BCUT2D eigenvalue weighted by Gasteiger charge is -2.25. The summed E-state index contributed by atoms with van der Waals surface area (Å²) in [4.78, 5) is 31.9. The number of hydrogen-bond acceptors (Lipinski definition) is 8. The lowest BCUT2D eigenvalue weighted by molar-refractivity contribution is -0.138. The Labute approximate surface area is 242 Å². The first-order valence-electron chi connectivity index (χ1n) is 12.4. The van der Waals surface area contributed by atoms with Gasteiger partial charge in [0.15, 0.2) is 12.1 Å². The van der Waals surface area contributed by atoms with Gasteiger partial charge in [0, 0.05) is 38.0 Å². The van der Waals surface area contributed by atoms with Crippen LogP contribution < -0.4 is 10.9 Å². The van der Waals surface area contributed by atoms with Crippen LogP contribution in [-0.4, -0.2) is 70.4 Å². The average Bonchev–Trinajstić information content (AvgIpc) is 2.94. The minimum absolute atomic E-state index is 0.117. The van der Waals surface area contributed by atoms with E-state index >= 15 is 4.39 Å². The predicted molar refractivity (Wildman–Crippen MR) is 138 cm³/mol. The molecule has 44 heavy (non-hydrogen) atoms. The number of rotatable bonds is 14. The third-order valence-corrected chi connectivity index (χ3v) is 5.92. The molecular weight excluding hydrogens is 615 g/mol. The molecule has 2 unspecified atom stereocenters. The van der Waals surface area contributed by atoms with E-state index in [0.29, 0.717) is 12.5 Å². The van der Waals surface area contributed by atoms with Gasteiger partial charge in [-0.25, -0.2) is 32.6 Å². The van der Waals surface area contributed by atoms with Crippen LogP contribution in [-0.2, 0) is 10.9 Å². The number of nitrogens with zero attached hydrogens (tertiary/aromatic N) is 4. The van der Waals surface area contributed by atoms with Crippen molar-refractivity contribution in [2.75, 3.05) is 25.5 Å². The number of carbonyl (C=O) groups excluding carboxylic acids is 1. The minimum Gasteiger partial charge on any atom is -0.378 e. The molecule has 0 saturated heterocycles. The summed E-state index contributed by atoms with van der Waals surface area (Å²) in [5.74, 6) is -1.16. The first-order valence-corrected chi connectivity index (χ1v) is 12.4. The first-order chi connectivity index (χ1) is 20.7. The van der Waals surface area contributed by atoms with Gasteiger partial charge in [0.25, 0.3) is 12.0 Å². The van der Waals surface area contributed by atoms with Gasteiger partial charge < -0.3 is 15.0 Å². The second-order valence-electron chi connectivity index (χ2n) is 9.23. The molecule has 9 nitrogen and oxygen atoms in total. The van der Waals surface area contributed by atoms with Crippen molar-refractivity contribution in [2.45, 2.75) is 37.8 Å². The van der Waals surface area contributed by atoms with Gasteiger partial charge in [0.2, 0.25) is 0 Å². The van der Waals surface area contributed by atoms with Gasteiger partial charge in [-0.3, -0.25) is 9.59 Å². The molecule has 0 aliphatic rings. The number of hydrogen-bond donors (Lipinski definition) is 2. The average molecular weight is 638 g/mol. The minimum atomic E-state index is -5.14. The SMILES string of the molecule is CN(/C=C\c1cc(-c2ncc(C(F)F)cn2)c(F)cc1C=O)CC(F)CC(COC(F)F)Nc1cn[nH]c(=O)c1C(F)(F)F. The first kappa shape index (κ1) is 34.0. The van der Waals surface area contributed by atoms with Crippen molar-refractivity contribution in [2.24, 2.45) is 0 Å². The highest BCUT2D eigenvalue weighted by atomic mass is 19.4. The number of H-pyrrole nitrogens is 1. The molecule has 0 bridgehead atoms. The zero-order valence-corrected chi connectivity index (χ0v) is 22.5. The number of nitrogens with one attached hydrogen (secondary N) is 2. The number of aldehydes is 1. The van der Waals surface area contributed by atoms with Gasteiger partial charge in [-0.15, -0.1) is 0 Å². The molecule has 3 aromatic rings. The summed E-state index contributed by atoms with van der Waals surface area (Å²) in [5.41, 5.74) is -4.88. The highest BCUT2D eigenvalue weighted by Gasteiger charge is 2.38. The van der Waals surface area contributed by atoms with Gasteiger partial charge in [-0.1, -0.05) is 0 Å². The van der Waals surface area contributed by atoms with E-state index in [0.717, 1.165) is 18.5 Å². The highest BCUT2D eigenvalue weighted by Crippen LogP contribution is 2.32. The van der Waals surface area contributed by atoms with Crippen LogP contribution >= 0.6 is 0 Å². The largest absolute Gasteiger partial charge is 0.423 e. The second-order valence-corrected chi connectivity index (χ2v) is 9.23. The molecule has 2 aromatic heterocycles.